The molecule has 2 aromatic carbocycles. The fourth-order valence-corrected chi connectivity index (χ4v) is 2.65. The lowest BCUT2D eigenvalue weighted by Gasteiger charge is -2.30. The third-order valence-electron chi connectivity index (χ3n) is 4.14. The summed E-state index contributed by atoms with van der Waals surface area (Å²) >= 11 is 5.86. The Morgan fingerprint density at radius 3 is 2.38 bits per heavy atom. The third-order valence-corrected chi connectivity index (χ3v) is 4.40. The van der Waals surface area contributed by atoms with Crippen LogP contribution in [-0.2, 0) is 6.54 Å². The Morgan fingerprint density at radius 2 is 1.75 bits per heavy atom. The van der Waals surface area contributed by atoms with E-state index in [1.165, 1.54) is 5.56 Å². The van der Waals surface area contributed by atoms with Crippen LogP contribution in [-0.4, -0.2) is 35.3 Å². The first-order valence-electron chi connectivity index (χ1n) is 8.43. The van der Waals surface area contributed by atoms with Gasteiger partial charge in [-0.2, -0.15) is 0 Å². The van der Waals surface area contributed by atoms with Crippen molar-refractivity contribution >= 4 is 11.6 Å². The predicted octanol–water partition coefficient (Wildman–Crippen LogP) is 4.38. The zero-order valence-electron chi connectivity index (χ0n) is 14.4. The minimum absolute atomic E-state index is 0.267. The van der Waals surface area contributed by atoms with Crippen LogP contribution in [0.1, 0.15) is 25.8 Å². The summed E-state index contributed by atoms with van der Waals surface area (Å²) in [6, 6.07) is 17.9. The van der Waals surface area contributed by atoms with Gasteiger partial charge in [0.15, 0.2) is 0 Å². The van der Waals surface area contributed by atoms with Crippen molar-refractivity contribution in [2.75, 3.05) is 13.2 Å². The molecule has 0 aliphatic carbocycles. The third kappa shape index (κ3) is 6.16. The van der Waals surface area contributed by atoms with Gasteiger partial charge in [-0.25, -0.2) is 0 Å². The van der Waals surface area contributed by atoms with Crippen LogP contribution in [0, 0.1) is 0 Å². The number of nitrogens with zero attached hydrogens (tertiary/aromatic N) is 1. The summed E-state index contributed by atoms with van der Waals surface area (Å²) in [5.74, 6) is 0.719. The second-order valence-electron chi connectivity index (χ2n) is 6.09. The Morgan fingerprint density at radius 1 is 1.08 bits per heavy atom. The SMILES string of the molecule is CC[C@@H](C)N(Cc1ccccc1)C[C@H](O)COc1ccc(Cl)cc1. The van der Waals surface area contributed by atoms with Gasteiger partial charge in [-0.3, -0.25) is 4.90 Å². The molecule has 0 radical (unpaired) electrons. The average molecular weight is 348 g/mol. The molecule has 0 bridgehead atoms. The van der Waals surface area contributed by atoms with E-state index in [4.69, 9.17) is 16.3 Å². The minimum atomic E-state index is -0.543. The molecule has 0 fully saturated rings. The zero-order chi connectivity index (χ0) is 17.4. The molecule has 4 heteroatoms. The van der Waals surface area contributed by atoms with Crippen LogP contribution in [0.5, 0.6) is 5.75 Å². The largest absolute Gasteiger partial charge is 0.491 e. The first-order chi connectivity index (χ1) is 11.6. The van der Waals surface area contributed by atoms with Gasteiger partial charge in [0.25, 0.3) is 0 Å². The second-order valence-corrected chi connectivity index (χ2v) is 6.53. The van der Waals surface area contributed by atoms with Gasteiger partial charge in [0, 0.05) is 24.2 Å². The number of rotatable bonds is 9. The maximum absolute atomic E-state index is 10.4. The van der Waals surface area contributed by atoms with E-state index in [-0.39, 0.29) is 6.61 Å². The highest BCUT2D eigenvalue weighted by Crippen LogP contribution is 2.16. The molecule has 0 aliphatic heterocycles. The normalized spacial score (nSPS) is 13.7. The van der Waals surface area contributed by atoms with Gasteiger partial charge in [-0.1, -0.05) is 48.9 Å². The molecule has 0 heterocycles. The maximum atomic E-state index is 10.4. The Kier molecular flexibility index (Phi) is 7.57. The number of benzene rings is 2. The van der Waals surface area contributed by atoms with E-state index in [1.807, 2.05) is 30.3 Å². The van der Waals surface area contributed by atoms with Crippen LogP contribution < -0.4 is 4.74 Å². The molecule has 24 heavy (non-hydrogen) atoms. The van der Waals surface area contributed by atoms with E-state index in [1.54, 1.807) is 12.1 Å². The molecule has 0 aliphatic rings. The molecular weight excluding hydrogens is 322 g/mol. The monoisotopic (exact) mass is 347 g/mol. The molecule has 2 aromatic rings. The Labute approximate surface area is 149 Å². The quantitative estimate of drug-likeness (QED) is 0.730. The van der Waals surface area contributed by atoms with Gasteiger partial charge < -0.3 is 9.84 Å². The van der Waals surface area contributed by atoms with Gasteiger partial charge >= 0.3 is 0 Å². The number of halogens is 1. The van der Waals surface area contributed by atoms with Gasteiger partial charge in [-0.15, -0.1) is 0 Å². The fraction of sp³-hybridized carbons (Fsp3) is 0.400. The van der Waals surface area contributed by atoms with Crippen LogP contribution >= 0.6 is 11.6 Å². The molecule has 3 nitrogen and oxygen atoms in total. The number of aliphatic hydroxyl groups excluding tert-OH is 1. The van der Waals surface area contributed by atoms with E-state index < -0.39 is 6.10 Å². The predicted molar refractivity (Wildman–Crippen MR) is 99.6 cm³/mol. The summed E-state index contributed by atoms with van der Waals surface area (Å²) in [6.07, 6.45) is 0.496. The standard InChI is InChI=1S/C20H26ClNO2/c1-3-16(2)22(13-17-7-5-4-6-8-17)14-19(23)15-24-20-11-9-18(21)10-12-20/h4-12,16,19,23H,3,13-15H2,1-2H3/t16-,19+/m1/s1. The van der Waals surface area contributed by atoms with E-state index in [0.29, 0.717) is 17.6 Å². The van der Waals surface area contributed by atoms with E-state index >= 15 is 0 Å². The first-order valence-corrected chi connectivity index (χ1v) is 8.80. The van der Waals surface area contributed by atoms with Gasteiger partial charge in [-0.05, 0) is 43.2 Å². The molecule has 2 rings (SSSR count). The van der Waals surface area contributed by atoms with Crippen molar-refractivity contribution < 1.29 is 9.84 Å². The molecule has 2 atom stereocenters. The Hall–Kier alpha value is -1.55. The van der Waals surface area contributed by atoms with Crippen LogP contribution in [0.2, 0.25) is 5.02 Å². The lowest BCUT2D eigenvalue weighted by atomic mass is 10.1. The van der Waals surface area contributed by atoms with E-state index in [9.17, 15) is 5.11 Å². The van der Waals surface area contributed by atoms with Crippen LogP contribution in [0.4, 0.5) is 0 Å². The van der Waals surface area contributed by atoms with Gasteiger partial charge in [0.2, 0.25) is 0 Å². The smallest absolute Gasteiger partial charge is 0.119 e. The van der Waals surface area contributed by atoms with Crippen molar-refractivity contribution in [2.24, 2.45) is 0 Å². The molecule has 1 N–H and O–H groups in total. The molecule has 0 saturated carbocycles. The Bertz CT molecular complexity index is 588. The number of aliphatic hydroxyl groups is 1. The molecule has 0 aromatic heterocycles. The lowest BCUT2D eigenvalue weighted by molar-refractivity contribution is 0.0506. The summed E-state index contributed by atoms with van der Waals surface area (Å²) in [5, 5.41) is 11.0. The maximum Gasteiger partial charge on any atom is 0.119 e. The van der Waals surface area contributed by atoms with Crippen molar-refractivity contribution in [3.8, 4) is 5.75 Å². The molecule has 0 amide bonds. The zero-order valence-corrected chi connectivity index (χ0v) is 15.1. The summed E-state index contributed by atoms with van der Waals surface area (Å²) in [7, 11) is 0. The van der Waals surface area contributed by atoms with Crippen molar-refractivity contribution in [1.29, 1.82) is 0 Å². The first kappa shape index (κ1) is 18.8. The van der Waals surface area contributed by atoms with Crippen LogP contribution in [0.3, 0.4) is 0 Å². The Balaban J connectivity index is 1.89. The topological polar surface area (TPSA) is 32.7 Å². The fourth-order valence-electron chi connectivity index (χ4n) is 2.52. The van der Waals surface area contributed by atoms with Crippen molar-refractivity contribution in [2.45, 2.75) is 39.0 Å². The van der Waals surface area contributed by atoms with Crippen LogP contribution in [0.25, 0.3) is 0 Å². The van der Waals surface area contributed by atoms with Crippen molar-refractivity contribution in [3.63, 3.8) is 0 Å². The molecule has 0 saturated heterocycles. The van der Waals surface area contributed by atoms with E-state index in [2.05, 4.69) is 30.9 Å². The van der Waals surface area contributed by atoms with Crippen molar-refractivity contribution in [3.05, 3.63) is 65.2 Å². The molecule has 0 spiro atoms. The minimum Gasteiger partial charge on any atom is -0.491 e. The van der Waals surface area contributed by atoms with Gasteiger partial charge in [0.1, 0.15) is 18.5 Å². The van der Waals surface area contributed by atoms with Crippen LogP contribution in [0.15, 0.2) is 54.6 Å². The van der Waals surface area contributed by atoms with E-state index in [0.717, 1.165) is 18.7 Å². The number of hydrogen-bond donors (Lipinski definition) is 1. The van der Waals surface area contributed by atoms with Crippen molar-refractivity contribution in [1.82, 2.24) is 4.90 Å². The average Bonchev–Trinajstić information content (AvgIpc) is 2.61. The number of hydrogen-bond acceptors (Lipinski definition) is 3. The second kappa shape index (κ2) is 9.67. The lowest BCUT2D eigenvalue weighted by Crippen LogP contribution is -2.40. The number of ether oxygens (including phenoxy) is 1. The highest BCUT2D eigenvalue weighted by molar-refractivity contribution is 6.30. The highest BCUT2D eigenvalue weighted by atomic mass is 35.5. The summed E-state index contributed by atoms with van der Waals surface area (Å²) in [6.45, 7) is 6.03. The molecular formula is C20H26ClNO2. The highest BCUT2D eigenvalue weighted by Gasteiger charge is 2.17. The summed E-state index contributed by atoms with van der Waals surface area (Å²) < 4.78 is 5.65. The summed E-state index contributed by atoms with van der Waals surface area (Å²) in [5.41, 5.74) is 1.25. The van der Waals surface area contributed by atoms with Gasteiger partial charge in [0.05, 0.1) is 0 Å². The molecule has 0 unspecified atom stereocenters. The summed E-state index contributed by atoms with van der Waals surface area (Å²) in [4.78, 5) is 2.30. The molecule has 130 valence electrons.